The van der Waals surface area contributed by atoms with Crippen molar-refractivity contribution in [2.75, 3.05) is 13.1 Å². The molecule has 0 aliphatic carbocycles. The molecule has 32 heavy (non-hydrogen) atoms. The number of likely N-dealkylation sites (tertiary alicyclic amines) is 1. The van der Waals surface area contributed by atoms with E-state index < -0.39 is 16.9 Å². The number of rotatable bonds is 2. The Kier molecular flexibility index (Phi) is 4.58. The number of aromatic amines is 1. The number of nitrogens with one attached hydrogen (secondary N) is 1. The van der Waals surface area contributed by atoms with Crippen LogP contribution in [0.25, 0.3) is 22.1 Å². The molecule has 1 fully saturated rings. The number of imidazole rings is 1. The van der Waals surface area contributed by atoms with Crippen LogP contribution in [0.4, 0.5) is 0 Å². The SMILES string of the molecule is Cn1c(=O)c2[nH]c(C3CCN(C(=O)c4cc5ccccc5oc4=O)CC3)nc2n(C)c1=O. The second-order valence-electron chi connectivity index (χ2n) is 8.08. The molecule has 0 radical (unpaired) electrons. The van der Waals surface area contributed by atoms with Crippen LogP contribution in [0, 0.1) is 0 Å². The van der Waals surface area contributed by atoms with Gasteiger partial charge in [-0.05, 0) is 25.0 Å². The number of hydrogen-bond acceptors (Lipinski definition) is 6. The molecule has 164 valence electrons. The number of carbonyl (C=O) groups is 1. The van der Waals surface area contributed by atoms with Crippen molar-refractivity contribution in [1.29, 1.82) is 0 Å². The summed E-state index contributed by atoms with van der Waals surface area (Å²) < 4.78 is 7.68. The summed E-state index contributed by atoms with van der Waals surface area (Å²) in [4.78, 5) is 59.1. The van der Waals surface area contributed by atoms with E-state index in [0.717, 1.165) is 4.57 Å². The molecule has 0 atom stereocenters. The monoisotopic (exact) mass is 435 g/mol. The first-order valence-corrected chi connectivity index (χ1v) is 10.3. The van der Waals surface area contributed by atoms with Crippen LogP contribution >= 0.6 is 0 Å². The molecule has 1 aromatic carbocycles. The molecule has 0 saturated carbocycles. The molecule has 1 aliphatic rings. The Morgan fingerprint density at radius 3 is 2.56 bits per heavy atom. The fourth-order valence-electron chi connectivity index (χ4n) is 4.27. The lowest BCUT2D eigenvalue weighted by atomic mass is 9.95. The van der Waals surface area contributed by atoms with Gasteiger partial charge in [-0.3, -0.25) is 18.7 Å². The van der Waals surface area contributed by atoms with E-state index in [1.807, 2.05) is 6.07 Å². The molecular weight excluding hydrogens is 414 g/mol. The summed E-state index contributed by atoms with van der Waals surface area (Å²) >= 11 is 0. The minimum atomic E-state index is -0.648. The highest BCUT2D eigenvalue weighted by Gasteiger charge is 2.29. The number of nitrogens with zero attached hydrogens (tertiary/aromatic N) is 4. The van der Waals surface area contributed by atoms with Crippen molar-refractivity contribution in [1.82, 2.24) is 24.0 Å². The highest BCUT2D eigenvalue weighted by Crippen LogP contribution is 2.27. The Morgan fingerprint density at radius 1 is 1.09 bits per heavy atom. The normalized spacial score (nSPS) is 15.0. The largest absolute Gasteiger partial charge is 0.422 e. The van der Waals surface area contributed by atoms with E-state index in [4.69, 9.17) is 4.42 Å². The summed E-state index contributed by atoms with van der Waals surface area (Å²) in [7, 11) is 3.00. The molecule has 4 heterocycles. The molecule has 0 spiro atoms. The smallest absolute Gasteiger partial charge is 0.349 e. The zero-order valence-electron chi connectivity index (χ0n) is 17.6. The molecule has 0 bridgehead atoms. The summed E-state index contributed by atoms with van der Waals surface area (Å²) in [5, 5.41) is 0.694. The Bertz CT molecular complexity index is 1550. The molecular formula is C22H21N5O5. The van der Waals surface area contributed by atoms with Gasteiger partial charge in [0, 0.05) is 38.5 Å². The van der Waals surface area contributed by atoms with Crippen LogP contribution in [0.3, 0.4) is 0 Å². The van der Waals surface area contributed by atoms with Gasteiger partial charge in [-0.2, -0.15) is 0 Å². The lowest BCUT2D eigenvalue weighted by Gasteiger charge is -2.30. The van der Waals surface area contributed by atoms with Gasteiger partial charge in [0.2, 0.25) is 0 Å². The van der Waals surface area contributed by atoms with Gasteiger partial charge in [-0.25, -0.2) is 14.6 Å². The molecule has 3 aromatic heterocycles. The molecule has 0 unspecified atom stereocenters. The molecule has 4 aromatic rings. The van der Waals surface area contributed by atoms with Crippen LogP contribution in [0.1, 0.15) is 34.9 Å². The van der Waals surface area contributed by atoms with Gasteiger partial charge < -0.3 is 14.3 Å². The van der Waals surface area contributed by atoms with Crippen molar-refractivity contribution in [3.8, 4) is 0 Å². The van der Waals surface area contributed by atoms with E-state index in [9.17, 15) is 19.2 Å². The molecule has 5 rings (SSSR count). The van der Waals surface area contributed by atoms with Crippen molar-refractivity contribution < 1.29 is 9.21 Å². The topological polar surface area (TPSA) is 123 Å². The molecule has 1 saturated heterocycles. The first-order valence-electron chi connectivity index (χ1n) is 10.3. The first-order chi connectivity index (χ1) is 15.3. The van der Waals surface area contributed by atoms with Gasteiger partial charge >= 0.3 is 11.3 Å². The van der Waals surface area contributed by atoms with Crippen LogP contribution in [-0.2, 0) is 14.1 Å². The van der Waals surface area contributed by atoms with E-state index in [1.54, 1.807) is 36.2 Å². The van der Waals surface area contributed by atoms with E-state index in [2.05, 4.69) is 9.97 Å². The fourth-order valence-corrected chi connectivity index (χ4v) is 4.27. The van der Waals surface area contributed by atoms with Crippen LogP contribution in [0.15, 0.2) is 49.1 Å². The quantitative estimate of drug-likeness (QED) is 0.470. The Labute approximate surface area is 180 Å². The summed E-state index contributed by atoms with van der Waals surface area (Å²) in [6.45, 7) is 0.869. The zero-order valence-corrected chi connectivity index (χ0v) is 17.6. The van der Waals surface area contributed by atoms with Crippen molar-refractivity contribution in [3.05, 3.63) is 73.0 Å². The Morgan fingerprint density at radius 2 is 1.81 bits per heavy atom. The maximum atomic E-state index is 13.0. The number of aryl methyl sites for hydroxylation is 1. The van der Waals surface area contributed by atoms with Crippen LogP contribution < -0.4 is 16.9 Å². The van der Waals surface area contributed by atoms with Crippen LogP contribution in [-0.4, -0.2) is 43.0 Å². The third-order valence-electron chi connectivity index (χ3n) is 6.15. The molecule has 1 N–H and O–H groups in total. The number of hydrogen-bond donors (Lipinski definition) is 1. The summed E-state index contributed by atoms with van der Waals surface area (Å²) in [6, 6.07) is 8.64. The second kappa shape index (κ2) is 7.33. The minimum Gasteiger partial charge on any atom is -0.422 e. The standard InChI is InChI=1S/C22H21N5O5/c1-25-18-16(20(29)26(2)22(25)31)23-17(24-18)12-7-9-27(10-8-12)19(28)14-11-13-5-3-4-6-15(13)32-21(14)30/h3-6,11-12H,7-10H2,1-2H3,(H,23,24). The number of piperidine rings is 1. The maximum absolute atomic E-state index is 13.0. The summed E-state index contributed by atoms with van der Waals surface area (Å²) in [6.07, 6.45) is 1.22. The van der Waals surface area contributed by atoms with E-state index in [1.165, 1.54) is 11.6 Å². The molecule has 10 heteroatoms. The number of para-hydroxylation sites is 1. The molecule has 10 nitrogen and oxygen atoms in total. The number of benzene rings is 1. The van der Waals surface area contributed by atoms with Gasteiger partial charge in [0.1, 0.15) is 22.5 Å². The van der Waals surface area contributed by atoms with Gasteiger partial charge in [-0.15, -0.1) is 0 Å². The number of amides is 1. The number of aromatic nitrogens is 4. The number of fused-ring (bicyclic) bond motifs is 2. The fraction of sp³-hybridized carbons (Fsp3) is 0.318. The zero-order chi connectivity index (χ0) is 22.6. The van der Waals surface area contributed by atoms with Crippen LogP contribution in [0.2, 0.25) is 0 Å². The second-order valence-corrected chi connectivity index (χ2v) is 8.08. The van der Waals surface area contributed by atoms with E-state index in [0.29, 0.717) is 48.4 Å². The predicted octanol–water partition coefficient (Wildman–Crippen LogP) is 1.09. The van der Waals surface area contributed by atoms with Crippen molar-refractivity contribution in [3.63, 3.8) is 0 Å². The maximum Gasteiger partial charge on any atom is 0.349 e. The Hall–Kier alpha value is -3.95. The van der Waals surface area contributed by atoms with Gasteiger partial charge in [0.05, 0.1) is 0 Å². The highest BCUT2D eigenvalue weighted by molar-refractivity contribution is 5.96. The van der Waals surface area contributed by atoms with E-state index in [-0.39, 0.29) is 22.9 Å². The third kappa shape index (κ3) is 3.06. The third-order valence-corrected chi connectivity index (χ3v) is 6.15. The van der Waals surface area contributed by atoms with Gasteiger partial charge in [-0.1, -0.05) is 18.2 Å². The van der Waals surface area contributed by atoms with Gasteiger partial charge in [0.25, 0.3) is 11.5 Å². The summed E-state index contributed by atoms with van der Waals surface area (Å²) in [5.74, 6) is 0.263. The lowest BCUT2D eigenvalue weighted by Crippen LogP contribution is -2.39. The van der Waals surface area contributed by atoms with Crippen molar-refractivity contribution in [2.24, 2.45) is 14.1 Å². The van der Waals surface area contributed by atoms with Crippen LogP contribution in [0.5, 0.6) is 0 Å². The molecule has 1 aliphatic heterocycles. The average molecular weight is 435 g/mol. The predicted molar refractivity (Wildman–Crippen MR) is 117 cm³/mol. The first kappa shape index (κ1) is 20.0. The van der Waals surface area contributed by atoms with Gasteiger partial charge in [0.15, 0.2) is 5.65 Å². The van der Waals surface area contributed by atoms with Crippen molar-refractivity contribution in [2.45, 2.75) is 18.8 Å². The summed E-state index contributed by atoms with van der Waals surface area (Å²) in [5.41, 5.74) is -0.433. The number of H-pyrrole nitrogens is 1. The van der Waals surface area contributed by atoms with E-state index >= 15 is 0 Å². The average Bonchev–Trinajstić information content (AvgIpc) is 3.26. The minimum absolute atomic E-state index is 0.000675. The van der Waals surface area contributed by atoms with Crippen molar-refractivity contribution >= 4 is 28.0 Å². The molecule has 1 amide bonds. The lowest BCUT2D eigenvalue weighted by molar-refractivity contribution is 0.0707. The Balaban J connectivity index is 1.38. The highest BCUT2D eigenvalue weighted by atomic mass is 16.4. The number of carbonyl (C=O) groups excluding carboxylic acids is 1.